The molecule has 3 N–H and O–H groups in total. The van der Waals surface area contributed by atoms with E-state index in [2.05, 4.69) is 5.32 Å². The second-order valence-corrected chi connectivity index (χ2v) is 9.82. The summed E-state index contributed by atoms with van der Waals surface area (Å²) in [6.07, 6.45) is 7.22. The molecule has 0 saturated heterocycles. The molecule has 1 unspecified atom stereocenters. The number of nitrogens with one attached hydrogen (secondary N) is 1. The van der Waals surface area contributed by atoms with E-state index in [9.17, 15) is 14.4 Å². The molecule has 2 aliphatic rings. The van der Waals surface area contributed by atoms with Crippen LogP contribution in [0.2, 0.25) is 0 Å². The van der Waals surface area contributed by atoms with E-state index in [0.717, 1.165) is 55.4 Å². The third-order valence-corrected chi connectivity index (χ3v) is 7.93. The highest BCUT2D eigenvalue weighted by molar-refractivity contribution is 7.17. The number of primary amides is 1. The number of amides is 2. The van der Waals surface area contributed by atoms with Crippen LogP contribution in [0.4, 0.5) is 5.00 Å². The average Bonchev–Trinajstić information content (AvgIpc) is 3.32. The van der Waals surface area contributed by atoms with Gasteiger partial charge in [0.25, 0.3) is 11.8 Å². The second-order valence-electron chi connectivity index (χ2n) is 7.58. The first-order valence-electron chi connectivity index (χ1n) is 10.0. The van der Waals surface area contributed by atoms with Gasteiger partial charge in [0.1, 0.15) is 9.88 Å². The molecule has 29 heavy (non-hydrogen) atoms. The maximum absolute atomic E-state index is 12.6. The zero-order valence-corrected chi connectivity index (χ0v) is 18.0. The van der Waals surface area contributed by atoms with Crippen molar-refractivity contribution in [3.05, 3.63) is 37.4 Å². The number of rotatable bonds is 5. The summed E-state index contributed by atoms with van der Waals surface area (Å²) >= 11 is 2.86. The Morgan fingerprint density at radius 3 is 2.59 bits per heavy atom. The number of esters is 1. The summed E-state index contributed by atoms with van der Waals surface area (Å²) in [5.74, 6) is -1.47. The van der Waals surface area contributed by atoms with Crippen LogP contribution in [0.1, 0.15) is 73.5 Å². The Bertz CT molecular complexity index is 952. The second kappa shape index (κ2) is 8.28. The van der Waals surface area contributed by atoms with Gasteiger partial charge in [0.2, 0.25) is 0 Å². The van der Waals surface area contributed by atoms with E-state index in [1.807, 2.05) is 6.07 Å². The summed E-state index contributed by atoms with van der Waals surface area (Å²) in [6, 6.07) is 1.91. The fraction of sp³-hybridized carbons (Fsp3) is 0.476. The molecule has 0 aliphatic heterocycles. The van der Waals surface area contributed by atoms with E-state index in [1.54, 1.807) is 0 Å². The van der Waals surface area contributed by atoms with Crippen molar-refractivity contribution in [2.75, 3.05) is 5.32 Å². The molecule has 2 amide bonds. The van der Waals surface area contributed by atoms with Gasteiger partial charge < -0.3 is 15.8 Å². The smallest absolute Gasteiger partial charge is 0.349 e. The molecule has 0 saturated carbocycles. The summed E-state index contributed by atoms with van der Waals surface area (Å²) in [4.78, 5) is 39.9. The molecule has 0 bridgehead atoms. The minimum Gasteiger partial charge on any atom is -0.448 e. The van der Waals surface area contributed by atoms with E-state index in [-0.39, 0.29) is 0 Å². The predicted molar refractivity (Wildman–Crippen MR) is 114 cm³/mol. The molecular weight excluding hydrogens is 408 g/mol. The first-order chi connectivity index (χ1) is 13.9. The number of fused-ring (bicyclic) bond motifs is 2. The number of nitrogens with two attached hydrogens (primary N) is 1. The summed E-state index contributed by atoms with van der Waals surface area (Å²) in [7, 11) is 0. The van der Waals surface area contributed by atoms with E-state index in [1.165, 1.54) is 46.5 Å². The van der Waals surface area contributed by atoms with Crippen molar-refractivity contribution in [1.82, 2.24) is 0 Å². The number of carbonyl (C=O) groups is 3. The SMILES string of the molecule is CC(OC(=O)c1cc2c(s1)CCCCC2)C(=O)Nc1sc2c(c1C(N)=O)CCC2. The third-order valence-electron chi connectivity index (χ3n) is 5.51. The summed E-state index contributed by atoms with van der Waals surface area (Å²) in [5.41, 5.74) is 8.11. The molecule has 0 aromatic carbocycles. The molecular formula is C21H24N2O4S2. The molecule has 0 fully saturated rings. The van der Waals surface area contributed by atoms with Crippen molar-refractivity contribution in [2.24, 2.45) is 5.73 Å². The maximum atomic E-state index is 12.6. The Balaban J connectivity index is 1.43. The quantitative estimate of drug-likeness (QED) is 0.554. The summed E-state index contributed by atoms with van der Waals surface area (Å²) < 4.78 is 5.41. The lowest BCUT2D eigenvalue weighted by Crippen LogP contribution is -2.30. The van der Waals surface area contributed by atoms with Crippen molar-refractivity contribution >= 4 is 45.5 Å². The van der Waals surface area contributed by atoms with Gasteiger partial charge in [-0.3, -0.25) is 9.59 Å². The monoisotopic (exact) mass is 432 g/mol. The molecule has 2 aromatic rings. The molecule has 2 aliphatic carbocycles. The van der Waals surface area contributed by atoms with Crippen LogP contribution in [0.3, 0.4) is 0 Å². The number of thiophene rings is 2. The van der Waals surface area contributed by atoms with Gasteiger partial charge in [-0.15, -0.1) is 22.7 Å². The summed E-state index contributed by atoms with van der Waals surface area (Å²) in [6.45, 7) is 1.54. The number of hydrogen-bond donors (Lipinski definition) is 2. The Labute approximate surface area is 177 Å². The van der Waals surface area contributed by atoms with Gasteiger partial charge in [0, 0.05) is 9.75 Å². The molecule has 6 nitrogen and oxygen atoms in total. The van der Waals surface area contributed by atoms with Gasteiger partial charge in [-0.25, -0.2) is 4.79 Å². The van der Waals surface area contributed by atoms with Crippen molar-refractivity contribution in [2.45, 2.75) is 64.4 Å². The molecule has 4 rings (SSSR count). The molecule has 1 atom stereocenters. The van der Waals surface area contributed by atoms with Gasteiger partial charge in [-0.2, -0.15) is 0 Å². The van der Waals surface area contributed by atoms with Crippen molar-refractivity contribution < 1.29 is 19.1 Å². The highest BCUT2D eigenvalue weighted by atomic mass is 32.1. The van der Waals surface area contributed by atoms with E-state index >= 15 is 0 Å². The highest BCUT2D eigenvalue weighted by Crippen LogP contribution is 2.39. The minimum atomic E-state index is -0.970. The van der Waals surface area contributed by atoms with Crippen LogP contribution >= 0.6 is 22.7 Å². The Kier molecular flexibility index (Phi) is 5.74. The number of carbonyl (C=O) groups excluding carboxylic acids is 3. The van der Waals surface area contributed by atoms with E-state index in [4.69, 9.17) is 10.5 Å². The lowest BCUT2D eigenvalue weighted by Gasteiger charge is -2.13. The first-order valence-corrected chi connectivity index (χ1v) is 11.6. The number of hydrogen-bond acceptors (Lipinski definition) is 6. The van der Waals surface area contributed by atoms with Crippen LogP contribution in [0.15, 0.2) is 6.07 Å². The molecule has 154 valence electrons. The molecule has 8 heteroatoms. The van der Waals surface area contributed by atoms with Crippen LogP contribution < -0.4 is 11.1 Å². The molecule has 2 heterocycles. The lowest BCUT2D eigenvalue weighted by molar-refractivity contribution is -0.123. The lowest BCUT2D eigenvalue weighted by atomic mass is 10.1. The number of ether oxygens (including phenoxy) is 1. The van der Waals surface area contributed by atoms with Gasteiger partial charge >= 0.3 is 5.97 Å². The zero-order valence-electron chi connectivity index (χ0n) is 16.3. The van der Waals surface area contributed by atoms with Crippen LogP contribution in [0.25, 0.3) is 0 Å². The minimum absolute atomic E-state index is 0.399. The predicted octanol–water partition coefficient (Wildman–Crippen LogP) is 3.85. The van der Waals surface area contributed by atoms with Crippen molar-refractivity contribution in [3.8, 4) is 0 Å². The number of anilines is 1. The van der Waals surface area contributed by atoms with Gasteiger partial charge in [0.05, 0.1) is 5.56 Å². The summed E-state index contributed by atoms with van der Waals surface area (Å²) in [5, 5.41) is 3.20. The van der Waals surface area contributed by atoms with Crippen LogP contribution in [0, 0.1) is 0 Å². The topological polar surface area (TPSA) is 98.5 Å². The Hall–Kier alpha value is -2.19. The van der Waals surface area contributed by atoms with Gasteiger partial charge in [0.15, 0.2) is 6.10 Å². The van der Waals surface area contributed by atoms with Gasteiger partial charge in [-0.1, -0.05) is 6.42 Å². The zero-order chi connectivity index (χ0) is 20.5. The van der Waals surface area contributed by atoms with E-state index < -0.39 is 23.9 Å². The Morgan fingerprint density at radius 2 is 1.79 bits per heavy atom. The highest BCUT2D eigenvalue weighted by Gasteiger charge is 2.28. The van der Waals surface area contributed by atoms with Gasteiger partial charge in [-0.05, 0) is 69.1 Å². The van der Waals surface area contributed by atoms with Crippen LogP contribution in [0.5, 0.6) is 0 Å². The molecule has 0 radical (unpaired) electrons. The maximum Gasteiger partial charge on any atom is 0.349 e. The average molecular weight is 433 g/mol. The standard InChI is InChI=1S/C21H24N2O4S2/c1-11(27-21(26)16-10-12-6-3-2-4-8-14(12)28-16)19(25)23-20-17(18(22)24)13-7-5-9-15(13)29-20/h10-11H,2-9H2,1H3,(H2,22,24)(H,23,25). The normalized spacial score (nSPS) is 16.4. The first kappa shape index (κ1) is 20.1. The molecule has 0 spiro atoms. The fourth-order valence-corrected chi connectivity index (χ4v) is 6.44. The fourth-order valence-electron chi connectivity index (χ4n) is 4.01. The third kappa shape index (κ3) is 4.09. The van der Waals surface area contributed by atoms with Crippen LogP contribution in [-0.2, 0) is 35.2 Å². The van der Waals surface area contributed by atoms with Crippen molar-refractivity contribution in [3.63, 3.8) is 0 Å². The largest absolute Gasteiger partial charge is 0.448 e. The Morgan fingerprint density at radius 1 is 1.03 bits per heavy atom. The van der Waals surface area contributed by atoms with Crippen LogP contribution in [-0.4, -0.2) is 23.9 Å². The molecule has 2 aromatic heterocycles. The van der Waals surface area contributed by atoms with E-state index in [0.29, 0.717) is 15.4 Å². The van der Waals surface area contributed by atoms with Crippen molar-refractivity contribution in [1.29, 1.82) is 0 Å². The number of aryl methyl sites for hydroxylation is 3.